The molecule has 16 heavy (non-hydrogen) atoms. The van der Waals surface area contributed by atoms with Crippen molar-refractivity contribution in [3.05, 3.63) is 63.6 Å². The van der Waals surface area contributed by atoms with E-state index in [0.29, 0.717) is 0 Å². The zero-order valence-corrected chi connectivity index (χ0v) is 10.8. The highest BCUT2D eigenvalue weighted by atomic mass is 79.9. The zero-order valence-electron chi connectivity index (χ0n) is 9.20. The van der Waals surface area contributed by atoms with Crippen molar-refractivity contribution in [2.45, 2.75) is 13.3 Å². The summed E-state index contributed by atoms with van der Waals surface area (Å²) in [6, 6.07) is 14.6. The van der Waals surface area contributed by atoms with Gasteiger partial charge in [0.25, 0.3) is 0 Å². The molecule has 0 aliphatic heterocycles. The van der Waals surface area contributed by atoms with Gasteiger partial charge in [0.15, 0.2) is 0 Å². The first-order chi connectivity index (χ1) is 7.65. The van der Waals surface area contributed by atoms with Crippen molar-refractivity contribution < 1.29 is 0 Å². The van der Waals surface area contributed by atoms with Crippen LogP contribution in [0.1, 0.15) is 16.7 Å². The first-order valence-corrected chi connectivity index (χ1v) is 6.04. The highest BCUT2D eigenvalue weighted by molar-refractivity contribution is 9.10. The molecule has 2 aromatic carbocycles. The van der Waals surface area contributed by atoms with E-state index >= 15 is 0 Å². The van der Waals surface area contributed by atoms with E-state index in [9.17, 15) is 0 Å². The summed E-state index contributed by atoms with van der Waals surface area (Å²) in [7, 11) is 0. The van der Waals surface area contributed by atoms with E-state index in [-0.39, 0.29) is 0 Å². The summed E-state index contributed by atoms with van der Waals surface area (Å²) >= 11 is 3.41. The molecule has 1 nitrogen and oxygen atoms in total. The smallest absolute Gasteiger partial charge is 0.0361 e. The quantitative estimate of drug-likeness (QED) is 0.826. The van der Waals surface area contributed by atoms with Crippen LogP contribution in [0.3, 0.4) is 0 Å². The Labute approximate surface area is 104 Å². The number of nitrogens with two attached hydrogens (primary N) is 1. The molecule has 0 spiro atoms. The van der Waals surface area contributed by atoms with Crippen LogP contribution in [0.4, 0.5) is 5.69 Å². The number of hydrogen-bond donors (Lipinski definition) is 1. The third-order valence-electron chi connectivity index (χ3n) is 2.62. The number of aryl methyl sites for hydroxylation is 1. The van der Waals surface area contributed by atoms with Gasteiger partial charge in [-0.1, -0.05) is 51.8 Å². The van der Waals surface area contributed by atoms with Gasteiger partial charge in [0.1, 0.15) is 0 Å². The van der Waals surface area contributed by atoms with Crippen molar-refractivity contribution in [1.29, 1.82) is 0 Å². The summed E-state index contributed by atoms with van der Waals surface area (Å²) in [5, 5.41) is 0. The van der Waals surface area contributed by atoms with Gasteiger partial charge in [-0.15, -0.1) is 0 Å². The average Bonchev–Trinajstić information content (AvgIpc) is 2.25. The predicted octanol–water partition coefficient (Wildman–Crippen LogP) is 3.93. The lowest BCUT2D eigenvalue weighted by molar-refractivity contribution is 1.19. The summed E-state index contributed by atoms with van der Waals surface area (Å²) in [5.41, 5.74) is 10.6. The minimum absolute atomic E-state index is 0.843. The highest BCUT2D eigenvalue weighted by Gasteiger charge is 2.01. The van der Waals surface area contributed by atoms with Crippen molar-refractivity contribution >= 4 is 21.6 Å². The molecule has 2 aromatic rings. The minimum Gasteiger partial charge on any atom is -0.398 e. The van der Waals surface area contributed by atoms with E-state index in [2.05, 4.69) is 53.2 Å². The van der Waals surface area contributed by atoms with Gasteiger partial charge < -0.3 is 5.73 Å². The molecule has 0 saturated carbocycles. The summed E-state index contributed by atoms with van der Waals surface area (Å²) in [6.45, 7) is 2.10. The molecule has 0 saturated heterocycles. The predicted molar refractivity (Wildman–Crippen MR) is 72.5 cm³/mol. The molecular weight excluding hydrogens is 262 g/mol. The van der Waals surface area contributed by atoms with E-state index in [0.717, 1.165) is 16.6 Å². The Morgan fingerprint density at radius 1 is 1.06 bits per heavy atom. The van der Waals surface area contributed by atoms with E-state index in [1.54, 1.807) is 0 Å². The molecule has 0 bridgehead atoms. The first kappa shape index (κ1) is 11.2. The molecule has 0 heterocycles. The topological polar surface area (TPSA) is 26.0 Å². The molecule has 0 aliphatic carbocycles. The van der Waals surface area contributed by atoms with Crippen LogP contribution in [0.5, 0.6) is 0 Å². The fourth-order valence-corrected chi connectivity index (χ4v) is 2.03. The summed E-state index contributed by atoms with van der Waals surface area (Å²) in [4.78, 5) is 0. The minimum atomic E-state index is 0.843. The van der Waals surface area contributed by atoms with Gasteiger partial charge in [-0.05, 0) is 36.6 Å². The summed E-state index contributed by atoms with van der Waals surface area (Å²) in [5.74, 6) is 0. The van der Waals surface area contributed by atoms with E-state index in [4.69, 9.17) is 5.73 Å². The average molecular weight is 276 g/mol. The Morgan fingerprint density at radius 2 is 1.75 bits per heavy atom. The Bertz CT molecular complexity index is 489. The Balaban J connectivity index is 2.23. The van der Waals surface area contributed by atoms with Crippen LogP contribution in [-0.2, 0) is 6.42 Å². The van der Waals surface area contributed by atoms with E-state index < -0.39 is 0 Å². The molecular formula is C14H14BrN. The van der Waals surface area contributed by atoms with Gasteiger partial charge in [-0.3, -0.25) is 0 Å². The molecule has 2 rings (SSSR count). The van der Waals surface area contributed by atoms with Crippen LogP contribution in [0, 0.1) is 6.92 Å². The molecule has 0 aromatic heterocycles. The van der Waals surface area contributed by atoms with Crippen LogP contribution in [0.15, 0.2) is 46.9 Å². The molecule has 0 radical (unpaired) electrons. The molecule has 0 aliphatic rings. The summed E-state index contributed by atoms with van der Waals surface area (Å²) in [6.07, 6.45) is 0.888. The molecule has 2 N–H and O–H groups in total. The van der Waals surface area contributed by atoms with Crippen molar-refractivity contribution in [2.75, 3.05) is 5.73 Å². The standard InChI is InChI=1S/C14H14BrN/c1-10-2-4-11(5-3-10)8-12-6-7-13(15)9-14(12)16/h2-7,9H,8,16H2,1H3. The molecule has 0 fully saturated rings. The van der Waals surface area contributed by atoms with Crippen LogP contribution < -0.4 is 5.73 Å². The van der Waals surface area contributed by atoms with Gasteiger partial charge in [-0.25, -0.2) is 0 Å². The lowest BCUT2D eigenvalue weighted by Crippen LogP contribution is -1.95. The highest BCUT2D eigenvalue weighted by Crippen LogP contribution is 2.21. The first-order valence-electron chi connectivity index (χ1n) is 5.24. The maximum Gasteiger partial charge on any atom is 0.0361 e. The third kappa shape index (κ3) is 2.64. The number of hydrogen-bond acceptors (Lipinski definition) is 1. The molecule has 0 amide bonds. The number of nitrogen functional groups attached to an aromatic ring is 1. The van der Waals surface area contributed by atoms with Crippen molar-refractivity contribution in [1.82, 2.24) is 0 Å². The van der Waals surface area contributed by atoms with Crippen LogP contribution >= 0.6 is 15.9 Å². The van der Waals surface area contributed by atoms with Crippen LogP contribution in [0.2, 0.25) is 0 Å². The van der Waals surface area contributed by atoms with Crippen molar-refractivity contribution in [2.24, 2.45) is 0 Å². The fourth-order valence-electron chi connectivity index (χ4n) is 1.65. The number of rotatable bonds is 2. The number of halogens is 1. The van der Waals surface area contributed by atoms with Gasteiger partial charge in [0.05, 0.1) is 0 Å². The Kier molecular flexibility index (Phi) is 3.30. The Hall–Kier alpha value is -1.28. The fraction of sp³-hybridized carbons (Fsp3) is 0.143. The second kappa shape index (κ2) is 4.71. The second-order valence-corrected chi connectivity index (χ2v) is 4.92. The number of benzene rings is 2. The van der Waals surface area contributed by atoms with Gasteiger partial charge in [0.2, 0.25) is 0 Å². The normalized spacial score (nSPS) is 10.4. The van der Waals surface area contributed by atoms with E-state index in [1.165, 1.54) is 16.7 Å². The van der Waals surface area contributed by atoms with Gasteiger partial charge in [0, 0.05) is 10.2 Å². The molecule has 0 unspecified atom stereocenters. The molecule has 2 heteroatoms. The summed E-state index contributed by atoms with van der Waals surface area (Å²) < 4.78 is 1.03. The number of anilines is 1. The van der Waals surface area contributed by atoms with Gasteiger partial charge >= 0.3 is 0 Å². The lowest BCUT2D eigenvalue weighted by atomic mass is 10.0. The largest absolute Gasteiger partial charge is 0.398 e. The second-order valence-electron chi connectivity index (χ2n) is 4.01. The molecule has 0 atom stereocenters. The maximum atomic E-state index is 5.97. The lowest BCUT2D eigenvalue weighted by Gasteiger charge is -2.06. The van der Waals surface area contributed by atoms with Gasteiger partial charge in [-0.2, -0.15) is 0 Å². The van der Waals surface area contributed by atoms with E-state index in [1.807, 2.05) is 12.1 Å². The molecule has 82 valence electrons. The third-order valence-corrected chi connectivity index (χ3v) is 3.12. The van der Waals surface area contributed by atoms with Crippen LogP contribution in [-0.4, -0.2) is 0 Å². The zero-order chi connectivity index (χ0) is 11.5. The van der Waals surface area contributed by atoms with Crippen molar-refractivity contribution in [3.63, 3.8) is 0 Å². The Morgan fingerprint density at radius 3 is 2.38 bits per heavy atom. The van der Waals surface area contributed by atoms with Crippen molar-refractivity contribution in [3.8, 4) is 0 Å². The SMILES string of the molecule is Cc1ccc(Cc2ccc(Br)cc2N)cc1. The van der Waals surface area contributed by atoms with Crippen LogP contribution in [0.25, 0.3) is 0 Å². The maximum absolute atomic E-state index is 5.97. The monoisotopic (exact) mass is 275 g/mol.